The van der Waals surface area contributed by atoms with Gasteiger partial charge in [-0.15, -0.1) is 0 Å². The monoisotopic (exact) mass is 1320 g/mol. The smallest absolute Gasteiger partial charge is 0.326 e. The molecule has 24 N–H and O–H groups in total. The van der Waals surface area contributed by atoms with E-state index in [2.05, 4.69) is 63.5 Å². The number of rotatable bonds is 42. The van der Waals surface area contributed by atoms with E-state index in [0.29, 0.717) is 28.5 Å². The summed E-state index contributed by atoms with van der Waals surface area (Å²) in [6.07, 6.45) is -0.331. The highest BCUT2D eigenvalue weighted by Gasteiger charge is 2.37. The van der Waals surface area contributed by atoms with Crippen LogP contribution >= 0.6 is 0 Å². The van der Waals surface area contributed by atoms with Crippen LogP contribution in [0.3, 0.4) is 0 Å². The van der Waals surface area contributed by atoms with Crippen LogP contribution < -0.4 is 81.4 Å². The fraction of sp³-hybridized carbons (Fsp3) is 0.557. The Morgan fingerprint density at radius 1 is 0.468 bits per heavy atom. The van der Waals surface area contributed by atoms with Crippen molar-refractivity contribution in [2.45, 2.75) is 159 Å². The van der Waals surface area contributed by atoms with Gasteiger partial charge in [-0.2, -0.15) is 0 Å². The fourth-order valence-electron chi connectivity index (χ4n) is 9.48. The molecule has 0 aliphatic heterocycles. The summed E-state index contributed by atoms with van der Waals surface area (Å²) in [6, 6.07) is -1.17. The molecule has 3 rings (SSSR count). The van der Waals surface area contributed by atoms with Crippen LogP contribution in [-0.2, 0) is 75.2 Å². The molecule has 1 heterocycles. The Bertz CT molecular complexity index is 3060. The Morgan fingerprint density at radius 3 is 1.38 bits per heavy atom. The number of carboxylic acids is 2. The van der Waals surface area contributed by atoms with Gasteiger partial charge in [0.15, 0.2) is 0 Å². The van der Waals surface area contributed by atoms with Crippen LogP contribution in [0.1, 0.15) is 91.2 Å². The van der Waals surface area contributed by atoms with Crippen LogP contribution in [0.15, 0.2) is 60.8 Å². The highest BCUT2D eigenvalue weighted by atomic mass is 16.4. The quantitative estimate of drug-likeness (QED) is 0.0252. The first-order valence-corrected chi connectivity index (χ1v) is 31.0. The molecule has 12 atom stereocenters. The van der Waals surface area contributed by atoms with Gasteiger partial charge in [0.25, 0.3) is 0 Å². The summed E-state index contributed by atoms with van der Waals surface area (Å²) in [5.74, 6) is -14.7. The minimum absolute atomic E-state index is 0.0192. The summed E-state index contributed by atoms with van der Waals surface area (Å²) in [5.41, 5.74) is 24.9. The number of aromatic nitrogens is 1. The molecule has 11 amide bonds. The second-order valence-electron chi connectivity index (χ2n) is 23.3. The first-order chi connectivity index (χ1) is 44.5. The molecule has 2 aromatic carbocycles. The van der Waals surface area contributed by atoms with Crippen molar-refractivity contribution < 1.29 is 82.8 Å². The lowest BCUT2D eigenvalue weighted by molar-refractivity contribution is -0.144. The Labute approximate surface area is 543 Å². The number of aliphatic hydroxyl groups is 2. The molecule has 520 valence electrons. The maximum Gasteiger partial charge on any atom is 0.326 e. The summed E-state index contributed by atoms with van der Waals surface area (Å²) >= 11 is 0. The van der Waals surface area contributed by atoms with Gasteiger partial charge in [-0.3, -0.25) is 57.5 Å². The van der Waals surface area contributed by atoms with Gasteiger partial charge in [0.2, 0.25) is 65.0 Å². The predicted octanol–water partition coefficient (Wildman–Crippen LogP) is -5.42. The van der Waals surface area contributed by atoms with E-state index in [1.807, 2.05) is 0 Å². The third-order valence-electron chi connectivity index (χ3n) is 15.3. The van der Waals surface area contributed by atoms with Crippen LogP contribution in [0.2, 0.25) is 0 Å². The largest absolute Gasteiger partial charge is 0.481 e. The summed E-state index contributed by atoms with van der Waals surface area (Å²) in [6.45, 7) is 6.53. The Balaban J connectivity index is 1.86. The first kappa shape index (κ1) is 79.1. The number of hydrogen-bond acceptors (Lipinski definition) is 19. The lowest BCUT2D eigenvalue weighted by Crippen LogP contribution is -2.62. The van der Waals surface area contributed by atoms with E-state index in [4.69, 9.17) is 22.9 Å². The number of aliphatic carboxylic acids is 2. The topological polar surface area (TPSA) is 555 Å². The molecule has 0 aliphatic carbocycles. The molecule has 0 unspecified atom stereocenters. The number of carboxylic acid groups (broad SMARTS) is 2. The number of aromatic amines is 1. The van der Waals surface area contributed by atoms with Gasteiger partial charge in [-0.05, 0) is 80.3 Å². The van der Waals surface area contributed by atoms with Crippen molar-refractivity contribution in [2.75, 3.05) is 39.4 Å². The molecule has 0 bridgehead atoms. The molecule has 94 heavy (non-hydrogen) atoms. The summed E-state index contributed by atoms with van der Waals surface area (Å²) in [7, 11) is 0. The van der Waals surface area contributed by atoms with E-state index in [9.17, 15) is 82.8 Å². The highest BCUT2D eigenvalue weighted by Crippen LogP contribution is 2.20. The Kier molecular flexibility index (Phi) is 33.7. The van der Waals surface area contributed by atoms with Crippen molar-refractivity contribution in [3.05, 3.63) is 71.9 Å². The zero-order valence-electron chi connectivity index (χ0n) is 53.7. The average Bonchev–Trinajstić information content (AvgIpc) is 1.62. The Morgan fingerprint density at radius 2 is 0.894 bits per heavy atom. The van der Waals surface area contributed by atoms with Crippen LogP contribution in [0.5, 0.6) is 0 Å². The van der Waals surface area contributed by atoms with Gasteiger partial charge >= 0.3 is 11.9 Å². The van der Waals surface area contributed by atoms with Gasteiger partial charge < -0.3 is 107 Å². The third kappa shape index (κ3) is 25.4. The van der Waals surface area contributed by atoms with E-state index in [1.165, 1.54) is 0 Å². The number of carbonyl (C=O) groups is 13. The number of para-hydroxylation sites is 1. The van der Waals surface area contributed by atoms with Crippen LogP contribution in [-0.4, -0.2) is 208 Å². The van der Waals surface area contributed by atoms with Crippen molar-refractivity contribution in [3.63, 3.8) is 0 Å². The lowest BCUT2D eigenvalue weighted by atomic mass is 9.97. The van der Waals surface area contributed by atoms with Gasteiger partial charge in [-0.25, -0.2) is 4.79 Å². The number of nitrogens with one attached hydrogen (secondary N) is 12. The van der Waals surface area contributed by atoms with E-state index in [-0.39, 0.29) is 57.7 Å². The minimum Gasteiger partial charge on any atom is -0.481 e. The second-order valence-corrected chi connectivity index (χ2v) is 23.3. The number of H-pyrrole nitrogens is 1. The molecule has 0 radical (unpaired) electrons. The number of hydrogen-bond donors (Lipinski definition) is 20. The maximum atomic E-state index is 14.3. The van der Waals surface area contributed by atoms with Crippen LogP contribution in [0, 0.1) is 17.8 Å². The standard InChI is InChI=1S/C61H94N16O17/c1-7-33(6)50(61(93)94)77-60(92)49(32(4)5)76-54(86)38(17-18-47(81)82)69-55(87)42(25-34-13-9-8-10-14-34)73-53(85)41(21-24-64)70-52(84)40(20-23-63)71-58(90)45(30-79)75-56(88)43(26-35-27-66-37-16-12-11-15-36(35)37)74-57(89)44(29-78)68-46(80)28-67-51(83)39(19-22-62)72-59(91)48(65)31(2)3/h8-16,27,31-33,38-45,48-50,66,78-79H,7,17-26,28-30,62-65H2,1-6H3,(H,67,83)(H,68,80)(H,69,87)(H,70,84)(H,71,90)(H,72,91)(H,73,85)(H,74,89)(H,75,88)(H,76,86)(H,77,92)(H,81,82)(H,93,94)/t33-,38-,39+,40-,41+,42-,43+,44+,45-,48+,49-,50+/m0/s1. The normalized spacial score (nSPS) is 15.1. The number of amides is 11. The van der Waals surface area contributed by atoms with Gasteiger partial charge in [-0.1, -0.05) is 96.5 Å². The molecule has 33 nitrogen and oxygen atoms in total. The zero-order chi connectivity index (χ0) is 70.4. The molecular weight excluding hydrogens is 1230 g/mol. The number of benzene rings is 2. The van der Waals surface area contributed by atoms with E-state index < -0.39 is 188 Å². The van der Waals surface area contributed by atoms with Crippen LogP contribution in [0.4, 0.5) is 0 Å². The second kappa shape index (κ2) is 40.1. The fourth-order valence-corrected chi connectivity index (χ4v) is 9.48. The highest BCUT2D eigenvalue weighted by molar-refractivity contribution is 5.99. The van der Waals surface area contributed by atoms with Gasteiger partial charge in [0, 0.05) is 36.4 Å². The molecule has 0 saturated carbocycles. The maximum absolute atomic E-state index is 14.3. The zero-order valence-corrected chi connectivity index (χ0v) is 53.7. The van der Waals surface area contributed by atoms with E-state index >= 15 is 0 Å². The molecule has 0 saturated heterocycles. The molecule has 0 spiro atoms. The predicted molar refractivity (Wildman–Crippen MR) is 341 cm³/mol. The van der Waals surface area contributed by atoms with Crippen molar-refractivity contribution in [1.82, 2.24) is 63.5 Å². The number of aliphatic hydroxyl groups excluding tert-OH is 2. The third-order valence-corrected chi connectivity index (χ3v) is 15.3. The van der Waals surface area contributed by atoms with Crippen molar-refractivity contribution in [2.24, 2.45) is 40.7 Å². The first-order valence-electron chi connectivity index (χ1n) is 31.0. The van der Waals surface area contributed by atoms with Crippen molar-refractivity contribution in [1.29, 1.82) is 0 Å². The van der Waals surface area contributed by atoms with Crippen molar-refractivity contribution >= 4 is 87.8 Å². The SMILES string of the molecule is CC[C@H](C)[C@@H](NC(=O)[C@@H](NC(=O)[C@H](CCC(=O)O)NC(=O)[C@H](Cc1ccccc1)NC(=O)[C@@H](CCN)NC(=O)[C@H](CCN)NC(=O)[C@H](CO)NC(=O)[C@@H](Cc1c[nH]c2ccccc12)NC(=O)[C@@H](CO)NC(=O)CNC(=O)[C@@H](CCN)NC(=O)[C@H](N)C(C)C)C(C)C)C(=O)O. The number of carbonyl (C=O) groups excluding carboxylic acids is 11. The van der Waals surface area contributed by atoms with Gasteiger partial charge in [0.05, 0.1) is 25.8 Å². The molecular formula is C61H94N16O17. The van der Waals surface area contributed by atoms with E-state index in [1.54, 1.807) is 102 Å². The van der Waals surface area contributed by atoms with Gasteiger partial charge in [0.1, 0.15) is 60.4 Å². The molecule has 0 aliphatic rings. The Hall–Kier alpha value is -9.15. The molecule has 3 aromatic rings. The van der Waals surface area contributed by atoms with Crippen molar-refractivity contribution in [3.8, 4) is 0 Å². The summed E-state index contributed by atoms with van der Waals surface area (Å²) in [4.78, 5) is 178. The molecule has 1 aromatic heterocycles. The molecule has 0 fully saturated rings. The summed E-state index contributed by atoms with van der Waals surface area (Å²) < 4.78 is 0. The molecule has 33 heteroatoms. The van der Waals surface area contributed by atoms with E-state index in [0.717, 1.165) is 0 Å². The summed E-state index contributed by atoms with van der Waals surface area (Å²) in [5, 5.41) is 67.7. The lowest BCUT2D eigenvalue weighted by Gasteiger charge is -2.29. The van der Waals surface area contributed by atoms with Crippen LogP contribution in [0.25, 0.3) is 10.9 Å². The average molecular weight is 1320 g/mol. The minimum atomic E-state index is -1.84. The number of nitrogens with two attached hydrogens (primary N) is 4. The number of fused-ring (bicyclic) bond motifs is 1.